The van der Waals surface area contributed by atoms with Crippen LogP contribution >= 0.6 is 0 Å². The standard InChI is InChI=1S/C16H12N2O2/c1-10(19)20-15-7-12-6-11(8-17)13-4-2-3-5-14(13)16(12,15)9-18/h2-6,12,15H,7H2,1H3/t12-,15?,16+/m1/s1. The van der Waals surface area contributed by atoms with E-state index in [-0.39, 0.29) is 11.9 Å². The van der Waals surface area contributed by atoms with Gasteiger partial charge in [0.1, 0.15) is 11.5 Å². The van der Waals surface area contributed by atoms with Crippen LogP contribution in [-0.2, 0) is 14.9 Å². The molecule has 1 saturated carbocycles. The highest BCUT2D eigenvalue weighted by Gasteiger charge is 2.60. The molecule has 2 aliphatic carbocycles. The van der Waals surface area contributed by atoms with Crippen LogP contribution in [0.1, 0.15) is 24.5 Å². The van der Waals surface area contributed by atoms with Crippen molar-refractivity contribution in [3.63, 3.8) is 0 Å². The lowest BCUT2D eigenvalue weighted by Crippen LogP contribution is -2.58. The molecule has 0 N–H and O–H groups in total. The van der Waals surface area contributed by atoms with Gasteiger partial charge in [0.25, 0.3) is 0 Å². The molecule has 98 valence electrons. The number of nitrogens with zero attached hydrogens (tertiary/aromatic N) is 2. The Bertz CT molecular complexity index is 708. The monoisotopic (exact) mass is 264 g/mol. The fraction of sp³-hybridized carbons (Fsp3) is 0.312. The number of ether oxygens (including phenoxy) is 1. The molecule has 20 heavy (non-hydrogen) atoms. The van der Waals surface area contributed by atoms with Crippen molar-refractivity contribution in [3.8, 4) is 12.1 Å². The Morgan fingerprint density at radius 3 is 2.80 bits per heavy atom. The second kappa shape index (κ2) is 4.21. The molecule has 1 aromatic carbocycles. The number of hydrogen-bond donors (Lipinski definition) is 0. The smallest absolute Gasteiger partial charge is 0.302 e. The molecule has 0 bridgehead atoms. The third-order valence-electron chi connectivity index (χ3n) is 4.21. The van der Waals surface area contributed by atoms with Gasteiger partial charge in [-0.2, -0.15) is 10.5 Å². The molecule has 0 amide bonds. The van der Waals surface area contributed by atoms with Crippen molar-refractivity contribution in [2.24, 2.45) is 5.92 Å². The molecule has 0 spiro atoms. The van der Waals surface area contributed by atoms with Gasteiger partial charge in [-0.25, -0.2) is 0 Å². The molecule has 0 aromatic heterocycles. The lowest BCUT2D eigenvalue weighted by atomic mass is 9.52. The predicted molar refractivity (Wildman–Crippen MR) is 71.0 cm³/mol. The van der Waals surface area contributed by atoms with Crippen LogP contribution in [0.25, 0.3) is 5.57 Å². The first-order valence-electron chi connectivity index (χ1n) is 6.43. The second-order valence-corrected chi connectivity index (χ2v) is 5.16. The van der Waals surface area contributed by atoms with E-state index < -0.39 is 11.5 Å². The highest BCUT2D eigenvalue weighted by molar-refractivity contribution is 5.83. The summed E-state index contributed by atoms with van der Waals surface area (Å²) >= 11 is 0. The number of carbonyl (C=O) groups excluding carboxylic acids is 1. The van der Waals surface area contributed by atoms with Crippen molar-refractivity contribution in [2.75, 3.05) is 0 Å². The number of esters is 1. The van der Waals surface area contributed by atoms with E-state index in [0.29, 0.717) is 12.0 Å². The van der Waals surface area contributed by atoms with Crippen molar-refractivity contribution < 1.29 is 9.53 Å². The topological polar surface area (TPSA) is 73.9 Å². The summed E-state index contributed by atoms with van der Waals surface area (Å²) in [5.41, 5.74) is 1.31. The van der Waals surface area contributed by atoms with Gasteiger partial charge in [0, 0.05) is 12.8 Å². The summed E-state index contributed by atoms with van der Waals surface area (Å²) in [5.74, 6) is -0.447. The van der Waals surface area contributed by atoms with E-state index in [1.807, 2.05) is 30.3 Å². The summed E-state index contributed by atoms with van der Waals surface area (Å²) in [6, 6.07) is 11.9. The number of rotatable bonds is 1. The minimum Gasteiger partial charge on any atom is -0.460 e. The largest absolute Gasteiger partial charge is 0.460 e. The Kier molecular flexibility index (Phi) is 2.62. The SMILES string of the molecule is CC(=O)OC1C[C@H]2C=C(C#N)c3ccccc3[C@@]12C#N. The summed E-state index contributed by atoms with van der Waals surface area (Å²) in [5, 5.41) is 19.0. The molecule has 0 saturated heterocycles. The molecular weight excluding hydrogens is 252 g/mol. The first-order chi connectivity index (χ1) is 9.63. The van der Waals surface area contributed by atoms with E-state index in [1.165, 1.54) is 6.92 Å². The average molecular weight is 264 g/mol. The number of fused-ring (bicyclic) bond motifs is 3. The lowest BCUT2D eigenvalue weighted by Gasteiger charge is -2.52. The first kappa shape index (κ1) is 12.4. The van der Waals surface area contributed by atoms with Crippen LogP contribution in [0, 0.1) is 28.6 Å². The zero-order valence-corrected chi connectivity index (χ0v) is 11.0. The molecule has 3 atom stereocenters. The van der Waals surface area contributed by atoms with Gasteiger partial charge in [0.05, 0.1) is 17.7 Å². The molecule has 0 heterocycles. The molecule has 3 rings (SSSR count). The molecule has 4 nitrogen and oxygen atoms in total. The van der Waals surface area contributed by atoms with Crippen molar-refractivity contribution in [1.29, 1.82) is 10.5 Å². The van der Waals surface area contributed by atoms with Crippen LogP contribution in [0.5, 0.6) is 0 Å². The molecule has 0 radical (unpaired) electrons. The van der Waals surface area contributed by atoms with Crippen molar-refractivity contribution in [2.45, 2.75) is 24.9 Å². The fourth-order valence-electron chi connectivity index (χ4n) is 3.28. The first-order valence-corrected chi connectivity index (χ1v) is 6.43. The van der Waals surface area contributed by atoms with E-state index >= 15 is 0 Å². The van der Waals surface area contributed by atoms with Crippen LogP contribution in [0.15, 0.2) is 30.3 Å². The van der Waals surface area contributed by atoms with Gasteiger partial charge in [-0.15, -0.1) is 0 Å². The minimum atomic E-state index is -0.845. The Balaban J connectivity index is 2.16. The average Bonchev–Trinajstić information content (AvgIpc) is 2.43. The van der Waals surface area contributed by atoms with Crippen molar-refractivity contribution >= 4 is 11.5 Å². The van der Waals surface area contributed by atoms with Gasteiger partial charge < -0.3 is 4.74 Å². The van der Waals surface area contributed by atoms with E-state index in [9.17, 15) is 15.3 Å². The molecule has 2 aliphatic rings. The summed E-state index contributed by atoms with van der Waals surface area (Å²) < 4.78 is 5.30. The zero-order valence-electron chi connectivity index (χ0n) is 11.0. The zero-order chi connectivity index (χ0) is 14.3. The highest BCUT2D eigenvalue weighted by Crippen LogP contribution is 2.55. The maximum Gasteiger partial charge on any atom is 0.302 e. The van der Waals surface area contributed by atoms with Gasteiger partial charge >= 0.3 is 5.97 Å². The number of carbonyl (C=O) groups is 1. The highest BCUT2D eigenvalue weighted by atomic mass is 16.5. The molecule has 0 aliphatic heterocycles. The van der Waals surface area contributed by atoms with E-state index in [0.717, 1.165) is 11.1 Å². The summed E-state index contributed by atoms with van der Waals surface area (Å²) in [6.45, 7) is 1.35. The number of allylic oxidation sites excluding steroid dienone is 2. The summed E-state index contributed by atoms with van der Waals surface area (Å²) in [4.78, 5) is 11.2. The Labute approximate surface area is 116 Å². The molecule has 4 heteroatoms. The van der Waals surface area contributed by atoms with E-state index in [1.54, 1.807) is 0 Å². The maximum absolute atomic E-state index is 11.2. The van der Waals surface area contributed by atoms with Gasteiger partial charge in [-0.1, -0.05) is 30.3 Å². The molecule has 1 aromatic rings. The quantitative estimate of drug-likeness (QED) is 0.729. The van der Waals surface area contributed by atoms with Crippen LogP contribution in [-0.4, -0.2) is 12.1 Å². The van der Waals surface area contributed by atoms with Crippen molar-refractivity contribution in [3.05, 3.63) is 41.5 Å². The van der Waals surface area contributed by atoms with Crippen LogP contribution < -0.4 is 0 Å². The van der Waals surface area contributed by atoms with Gasteiger partial charge in [0.2, 0.25) is 0 Å². The summed E-state index contributed by atoms with van der Waals surface area (Å²) in [6.07, 6.45) is 1.99. The normalized spacial score (nSPS) is 29.6. The third kappa shape index (κ3) is 1.42. The fourth-order valence-corrected chi connectivity index (χ4v) is 3.28. The number of benzene rings is 1. The lowest BCUT2D eigenvalue weighted by molar-refractivity contribution is -0.158. The van der Waals surface area contributed by atoms with Crippen LogP contribution in [0.4, 0.5) is 0 Å². The van der Waals surface area contributed by atoms with E-state index in [4.69, 9.17) is 4.74 Å². The second-order valence-electron chi connectivity index (χ2n) is 5.16. The summed E-state index contributed by atoms with van der Waals surface area (Å²) in [7, 11) is 0. The third-order valence-corrected chi connectivity index (χ3v) is 4.21. The number of hydrogen-bond acceptors (Lipinski definition) is 4. The van der Waals surface area contributed by atoms with Gasteiger partial charge in [-0.05, 0) is 17.5 Å². The number of nitriles is 2. The Morgan fingerprint density at radius 2 is 2.15 bits per heavy atom. The van der Waals surface area contributed by atoms with Crippen molar-refractivity contribution in [1.82, 2.24) is 0 Å². The predicted octanol–water partition coefficient (Wildman–Crippen LogP) is 2.32. The minimum absolute atomic E-state index is 0.0681. The molecular formula is C16H12N2O2. The molecule has 1 unspecified atom stereocenters. The Hall–Kier alpha value is -2.59. The maximum atomic E-state index is 11.2. The van der Waals surface area contributed by atoms with Gasteiger partial charge in [-0.3, -0.25) is 4.79 Å². The molecule has 1 fully saturated rings. The Morgan fingerprint density at radius 1 is 1.40 bits per heavy atom. The van der Waals surface area contributed by atoms with Gasteiger partial charge in [0.15, 0.2) is 0 Å². The van der Waals surface area contributed by atoms with Crippen LogP contribution in [0.2, 0.25) is 0 Å². The van der Waals surface area contributed by atoms with E-state index in [2.05, 4.69) is 12.1 Å². The van der Waals surface area contributed by atoms with Crippen LogP contribution in [0.3, 0.4) is 0 Å².